The molecule has 0 saturated carbocycles. The molecule has 1 amide bonds. The van der Waals surface area contributed by atoms with Crippen molar-refractivity contribution in [2.75, 3.05) is 5.32 Å². The Balaban J connectivity index is 1.62. The molecule has 3 N–H and O–H groups in total. The maximum absolute atomic E-state index is 13.4. The minimum atomic E-state index is -1.11. The van der Waals surface area contributed by atoms with Crippen LogP contribution in [0.5, 0.6) is 5.75 Å². The first-order valence-electron chi connectivity index (χ1n) is 9.88. The average Bonchev–Trinajstić information content (AvgIpc) is 3.23. The summed E-state index contributed by atoms with van der Waals surface area (Å²) in [6.45, 7) is -0.466. The fraction of sp³-hybridized carbons (Fsp3) is 0.125. The molecule has 0 aliphatic rings. The molecule has 0 spiro atoms. The highest BCUT2D eigenvalue weighted by Gasteiger charge is 2.24. The van der Waals surface area contributed by atoms with E-state index < -0.39 is 17.8 Å². The van der Waals surface area contributed by atoms with Gasteiger partial charge in [0.1, 0.15) is 11.6 Å². The summed E-state index contributed by atoms with van der Waals surface area (Å²) in [5.41, 5.74) is 2.60. The van der Waals surface area contributed by atoms with Gasteiger partial charge in [0.05, 0.1) is 35.1 Å². The molecule has 0 aliphatic heterocycles. The van der Waals surface area contributed by atoms with E-state index in [2.05, 4.69) is 10.3 Å². The van der Waals surface area contributed by atoms with Gasteiger partial charge in [0.25, 0.3) is 5.91 Å². The smallest absolute Gasteiger partial charge is 0.271 e. The summed E-state index contributed by atoms with van der Waals surface area (Å²) in [6, 6.07) is 17.1. The largest absolute Gasteiger partial charge is 0.476 e. The predicted octanol–water partition coefficient (Wildman–Crippen LogP) is 4.05. The van der Waals surface area contributed by atoms with E-state index in [-0.39, 0.29) is 13.2 Å². The van der Waals surface area contributed by atoms with Gasteiger partial charge in [-0.25, -0.2) is 9.37 Å². The number of nitrogens with one attached hydrogen (secondary N) is 1. The summed E-state index contributed by atoms with van der Waals surface area (Å²) in [7, 11) is 0. The van der Waals surface area contributed by atoms with Gasteiger partial charge in [0.2, 0.25) is 6.10 Å². The highest BCUT2D eigenvalue weighted by atomic mass is 32.1. The van der Waals surface area contributed by atoms with Gasteiger partial charge in [-0.15, -0.1) is 0 Å². The fourth-order valence-corrected chi connectivity index (χ4v) is 4.15. The molecule has 0 radical (unpaired) electrons. The lowest BCUT2D eigenvalue weighted by molar-refractivity contribution is -0.123. The number of ether oxygens (including phenoxy) is 1. The number of aromatic nitrogens is 1. The third-order valence-corrected chi connectivity index (χ3v) is 5.86. The van der Waals surface area contributed by atoms with E-state index in [1.54, 1.807) is 36.4 Å². The van der Waals surface area contributed by atoms with E-state index in [0.717, 1.165) is 4.70 Å². The number of thiazole rings is 1. The molecule has 166 valence electrons. The first kappa shape index (κ1) is 22.4. The summed E-state index contributed by atoms with van der Waals surface area (Å²) in [5.74, 6) is -0.598. The summed E-state index contributed by atoms with van der Waals surface area (Å²) in [4.78, 5) is 17.6. The maximum Gasteiger partial charge on any atom is 0.271 e. The van der Waals surface area contributed by atoms with Gasteiger partial charge < -0.3 is 14.9 Å². The number of benzene rings is 3. The monoisotopic (exact) mass is 463 g/mol. The van der Waals surface area contributed by atoms with Crippen LogP contribution in [0.3, 0.4) is 0 Å². The Kier molecular flexibility index (Phi) is 6.60. The van der Waals surface area contributed by atoms with Crippen LogP contribution in [-0.2, 0) is 18.0 Å². The van der Waals surface area contributed by atoms with E-state index in [9.17, 15) is 19.4 Å². The number of carbonyl (C=O) groups excluding carboxylic acids is 1. The Bertz CT molecular complexity index is 1290. The second-order valence-electron chi connectivity index (χ2n) is 7.10. The van der Waals surface area contributed by atoms with E-state index in [1.807, 2.05) is 6.07 Å². The molecule has 4 rings (SSSR count). The molecule has 0 fully saturated rings. The zero-order chi connectivity index (χ0) is 23.4. The fourth-order valence-electron chi connectivity index (χ4n) is 3.23. The zero-order valence-electron chi connectivity index (χ0n) is 17.2. The van der Waals surface area contributed by atoms with Crippen molar-refractivity contribution in [1.82, 2.24) is 4.98 Å². The Hall–Kier alpha value is -3.84. The number of amides is 1. The topological polar surface area (TPSA) is 115 Å². The van der Waals surface area contributed by atoms with E-state index in [4.69, 9.17) is 10.00 Å². The summed E-state index contributed by atoms with van der Waals surface area (Å²) in [5, 5.41) is 31.0. The zero-order valence-corrected chi connectivity index (χ0v) is 18.0. The summed E-state index contributed by atoms with van der Waals surface area (Å²) in [6.07, 6.45) is -1.11. The number of halogens is 1. The molecule has 0 bridgehead atoms. The van der Waals surface area contributed by atoms with Crippen molar-refractivity contribution in [3.63, 3.8) is 0 Å². The molecule has 9 heteroatoms. The first-order valence-corrected chi connectivity index (χ1v) is 10.7. The van der Waals surface area contributed by atoms with Crippen molar-refractivity contribution in [2.45, 2.75) is 19.3 Å². The number of carbonyl (C=O) groups is 1. The molecular formula is C24H18FN3O4S. The molecule has 1 unspecified atom stereocenters. The van der Waals surface area contributed by atoms with E-state index >= 15 is 0 Å². The quantitative estimate of drug-likeness (QED) is 0.381. The number of rotatable bonds is 7. The van der Waals surface area contributed by atoms with Crippen molar-refractivity contribution < 1.29 is 24.1 Å². The summed E-state index contributed by atoms with van der Waals surface area (Å²) >= 11 is 1.21. The standard InChI is InChI=1S/C24H18FN3O4S/c25-18-5-3-15(4-6-18)22(32-19-7-1-14(11-26)2-8-19)23(31)28-24-27-20-9-16(12-29)17(13-30)10-21(20)33-24/h1-10,22,29-30H,12-13H2,(H,27,28,31). The van der Waals surface area contributed by atoms with Gasteiger partial charge in [0.15, 0.2) is 5.13 Å². The predicted molar refractivity (Wildman–Crippen MR) is 121 cm³/mol. The lowest BCUT2D eigenvalue weighted by atomic mass is 10.1. The normalized spacial score (nSPS) is 11.7. The minimum Gasteiger partial charge on any atom is -0.476 e. The number of aliphatic hydroxyl groups is 2. The van der Waals surface area contributed by atoms with Crippen LogP contribution in [-0.4, -0.2) is 21.1 Å². The van der Waals surface area contributed by atoms with E-state index in [0.29, 0.717) is 38.7 Å². The number of anilines is 1. The SMILES string of the molecule is N#Cc1ccc(OC(C(=O)Nc2nc3cc(CO)c(CO)cc3s2)c2ccc(F)cc2)cc1. The van der Waals surface area contributed by atoms with E-state index in [1.165, 1.54) is 35.6 Å². The number of nitriles is 1. The van der Waals surface area contributed by atoms with Crippen molar-refractivity contribution >= 4 is 32.6 Å². The molecular weight excluding hydrogens is 445 g/mol. The molecule has 33 heavy (non-hydrogen) atoms. The third-order valence-electron chi connectivity index (χ3n) is 4.93. The average molecular weight is 463 g/mol. The number of hydrogen-bond acceptors (Lipinski definition) is 7. The molecule has 4 aromatic rings. The Morgan fingerprint density at radius 2 is 1.76 bits per heavy atom. The van der Waals surface area contributed by atoms with Crippen LogP contribution in [0.1, 0.15) is 28.4 Å². The molecule has 1 atom stereocenters. The second kappa shape index (κ2) is 9.75. The maximum atomic E-state index is 13.4. The van der Waals surface area contributed by atoms with Crippen LogP contribution in [0.4, 0.5) is 9.52 Å². The van der Waals surface area contributed by atoms with Gasteiger partial charge >= 0.3 is 0 Å². The minimum absolute atomic E-state index is 0.226. The van der Waals surface area contributed by atoms with Crippen molar-refractivity contribution in [3.8, 4) is 11.8 Å². The van der Waals surface area contributed by atoms with Gasteiger partial charge in [-0.3, -0.25) is 10.1 Å². The first-order chi connectivity index (χ1) is 16.0. The molecule has 0 aliphatic carbocycles. The van der Waals surface area contributed by atoms with Crippen LogP contribution in [0.25, 0.3) is 10.2 Å². The molecule has 0 saturated heterocycles. The van der Waals surface area contributed by atoms with Crippen LogP contribution < -0.4 is 10.1 Å². The van der Waals surface area contributed by atoms with Gasteiger partial charge in [0, 0.05) is 5.56 Å². The Morgan fingerprint density at radius 1 is 1.09 bits per heavy atom. The summed E-state index contributed by atoms with van der Waals surface area (Å²) < 4.78 is 20.1. The number of nitrogens with zero attached hydrogens (tertiary/aromatic N) is 2. The number of fused-ring (bicyclic) bond motifs is 1. The number of hydrogen-bond donors (Lipinski definition) is 3. The second-order valence-corrected chi connectivity index (χ2v) is 8.13. The van der Waals surface area contributed by atoms with Crippen molar-refractivity contribution in [3.05, 3.63) is 88.7 Å². The molecule has 1 heterocycles. The van der Waals surface area contributed by atoms with Crippen molar-refractivity contribution in [1.29, 1.82) is 5.26 Å². The van der Waals surface area contributed by atoms with Gasteiger partial charge in [-0.05, 0) is 59.7 Å². The van der Waals surface area contributed by atoms with Crippen LogP contribution in [0, 0.1) is 17.1 Å². The molecule has 1 aromatic heterocycles. The molecule has 3 aromatic carbocycles. The van der Waals surface area contributed by atoms with Crippen molar-refractivity contribution in [2.24, 2.45) is 0 Å². The highest BCUT2D eigenvalue weighted by molar-refractivity contribution is 7.22. The highest BCUT2D eigenvalue weighted by Crippen LogP contribution is 2.31. The number of aliphatic hydroxyl groups excluding tert-OH is 2. The van der Waals surface area contributed by atoms with Gasteiger partial charge in [-0.2, -0.15) is 5.26 Å². The Labute approximate surface area is 192 Å². The van der Waals surface area contributed by atoms with Gasteiger partial charge in [-0.1, -0.05) is 23.5 Å². The van der Waals surface area contributed by atoms with Crippen LogP contribution in [0.15, 0.2) is 60.7 Å². The Morgan fingerprint density at radius 3 is 2.39 bits per heavy atom. The van der Waals surface area contributed by atoms with Crippen LogP contribution >= 0.6 is 11.3 Å². The lowest BCUT2D eigenvalue weighted by Gasteiger charge is -2.18. The lowest BCUT2D eigenvalue weighted by Crippen LogP contribution is -2.25. The third kappa shape index (κ3) is 4.99. The van der Waals surface area contributed by atoms with Crippen LogP contribution in [0.2, 0.25) is 0 Å². The molecule has 7 nitrogen and oxygen atoms in total.